The number of halogens is 1. The number of para-hydroxylation sites is 1. The van der Waals surface area contributed by atoms with Gasteiger partial charge in [-0.05, 0) is 54.1 Å². The van der Waals surface area contributed by atoms with E-state index >= 15 is 0 Å². The Morgan fingerprint density at radius 2 is 1.79 bits per heavy atom. The standard InChI is InChI=1S/C25H22ClN3O3S/c1-32-21-13-11-20(12-14-21)27-24(31)22-15-23(30)29(16-17-7-9-18(26)10-8-17)25(33-22)28-19-5-3-2-4-6-19/h2-14,22H,15-16H2,1H3,(H,27,31)/t22-/m0/s1. The number of benzene rings is 3. The third kappa shape index (κ3) is 5.94. The van der Waals surface area contributed by atoms with E-state index in [0.29, 0.717) is 33.9 Å². The summed E-state index contributed by atoms with van der Waals surface area (Å²) in [4.78, 5) is 32.4. The Hall–Kier alpha value is -3.29. The monoisotopic (exact) mass is 479 g/mol. The van der Waals surface area contributed by atoms with Crippen molar-refractivity contribution in [2.75, 3.05) is 12.4 Å². The summed E-state index contributed by atoms with van der Waals surface area (Å²) in [7, 11) is 1.58. The van der Waals surface area contributed by atoms with Crippen LogP contribution in [0, 0.1) is 0 Å². The van der Waals surface area contributed by atoms with Crippen LogP contribution in [0.5, 0.6) is 5.75 Å². The second-order valence-corrected chi connectivity index (χ2v) is 8.97. The minimum absolute atomic E-state index is 0.0774. The van der Waals surface area contributed by atoms with Crippen LogP contribution in [0.3, 0.4) is 0 Å². The maximum atomic E-state index is 13.1. The molecule has 0 spiro atoms. The summed E-state index contributed by atoms with van der Waals surface area (Å²) in [6.07, 6.45) is 0.0774. The van der Waals surface area contributed by atoms with E-state index in [2.05, 4.69) is 10.3 Å². The van der Waals surface area contributed by atoms with Crippen LogP contribution in [0.25, 0.3) is 0 Å². The summed E-state index contributed by atoms with van der Waals surface area (Å²) in [6, 6.07) is 23.8. The molecule has 1 saturated heterocycles. The number of carbonyl (C=O) groups excluding carboxylic acids is 2. The third-order valence-corrected chi connectivity index (χ3v) is 6.46. The molecule has 33 heavy (non-hydrogen) atoms. The highest BCUT2D eigenvalue weighted by Gasteiger charge is 2.36. The van der Waals surface area contributed by atoms with Crippen LogP contribution in [0.4, 0.5) is 11.4 Å². The lowest BCUT2D eigenvalue weighted by atomic mass is 10.2. The first-order valence-electron chi connectivity index (χ1n) is 10.3. The summed E-state index contributed by atoms with van der Waals surface area (Å²) >= 11 is 7.28. The van der Waals surface area contributed by atoms with E-state index < -0.39 is 5.25 Å². The van der Waals surface area contributed by atoms with Crippen LogP contribution in [0.1, 0.15) is 12.0 Å². The molecule has 1 aliphatic rings. The fourth-order valence-electron chi connectivity index (χ4n) is 3.28. The van der Waals surface area contributed by atoms with Gasteiger partial charge in [0.05, 0.1) is 19.3 Å². The molecule has 4 rings (SSSR count). The summed E-state index contributed by atoms with van der Waals surface area (Å²) in [5.41, 5.74) is 2.28. The molecule has 1 N–H and O–H groups in total. The molecular formula is C25H22ClN3O3S. The maximum Gasteiger partial charge on any atom is 0.238 e. The molecule has 8 heteroatoms. The molecule has 3 aromatic rings. The van der Waals surface area contributed by atoms with E-state index in [4.69, 9.17) is 16.3 Å². The van der Waals surface area contributed by atoms with Crippen LogP contribution in [-0.2, 0) is 16.1 Å². The highest BCUT2D eigenvalue weighted by molar-refractivity contribution is 8.15. The van der Waals surface area contributed by atoms with Gasteiger partial charge in [-0.2, -0.15) is 0 Å². The Balaban J connectivity index is 1.56. The number of methoxy groups -OCH3 is 1. The third-order valence-electron chi connectivity index (χ3n) is 5.02. The van der Waals surface area contributed by atoms with Crippen LogP contribution in [0.2, 0.25) is 5.02 Å². The number of hydrogen-bond acceptors (Lipinski definition) is 5. The number of amidine groups is 1. The molecule has 1 heterocycles. The zero-order valence-corrected chi connectivity index (χ0v) is 19.5. The largest absolute Gasteiger partial charge is 0.497 e. The first-order chi connectivity index (χ1) is 16.0. The van der Waals surface area contributed by atoms with Crippen molar-refractivity contribution in [2.24, 2.45) is 4.99 Å². The van der Waals surface area contributed by atoms with Gasteiger partial charge in [-0.25, -0.2) is 4.99 Å². The van der Waals surface area contributed by atoms with Crippen LogP contribution in [-0.4, -0.2) is 34.2 Å². The number of thioether (sulfide) groups is 1. The minimum atomic E-state index is -0.594. The van der Waals surface area contributed by atoms with Crippen LogP contribution in [0.15, 0.2) is 83.9 Å². The molecule has 1 fully saturated rings. The van der Waals surface area contributed by atoms with E-state index in [-0.39, 0.29) is 18.2 Å². The second-order valence-electron chi connectivity index (χ2n) is 7.36. The first kappa shape index (κ1) is 22.9. The highest BCUT2D eigenvalue weighted by atomic mass is 35.5. The van der Waals surface area contributed by atoms with Gasteiger partial charge in [-0.15, -0.1) is 0 Å². The molecule has 6 nitrogen and oxygen atoms in total. The van der Waals surface area contributed by atoms with Crippen molar-refractivity contribution in [2.45, 2.75) is 18.2 Å². The van der Waals surface area contributed by atoms with Crippen molar-refractivity contribution in [3.05, 3.63) is 89.4 Å². The summed E-state index contributed by atoms with van der Waals surface area (Å²) in [6.45, 7) is 0.349. The van der Waals surface area contributed by atoms with Crippen molar-refractivity contribution in [1.29, 1.82) is 0 Å². The molecule has 0 aliphatic carbocycles. The van der Waals surface area contributed by atoms with Crippen molar-refractivity contribution < 1.29 is 14.3 Å². The summed E-state index contributed by atoms with van der Waals surface area (Å²) < 4.78 is 5.15. The lowest BCUT2D eigenvalue weighted by molar-refractivity contribution is -0.129. The molecule has 0 radical (unpaired) electrons. The number of anilines is 1. The molecular weight excluding hydrogens is 458 g/mol. The van der Waals surface area contributed by atoms with E-state index in [0.717, 1.165) is 5.56 Å². The molecule has 1 atom stereocenters. The summed E-state index contributed by atoms with van der Waals surface area (Å²) in [5.74, 6) is 0.295. The minimum Gasteiger partial charge on any atom is -0.497 e. The van der Waals surface area contributed by atoms with Gasteiger partial charge in [0.15, 0.2) is 5.17 Å². The van der Waals surface area contributed by atoms with E-state index in [9.17, 15) is 9.59 Å². The van der Waals surface area contributed by atoms with Crippen LogP contribution < -0.4 is 10.1 Å². The zero-order valence-electron chi connectivity index (χ0n) is 17.9. The number of hydrogen-bond donors (Lipinski definition) is 1. The number of amides is 2. The Bertz CT molecular complexity index is 1150. The quantitative estimate of drug-likeness (QED) is 0.506. The van der Waals surface area contributed by atoms with Crippen LogP contribution >= 0.6 is 23.4 Å². The average molecular weight is 480 g/mol. The van der Waals surface area contributed by atoms with E-state index in [1.165, 1.54) is 11.8 Å². The normalized spacial score (nSPS) is 17.2. The molecule has 168 valence electrons. The number of nitrogens with zero attached hydrogens (tertiary/aromatic N) is 2. The van der Waals surface area contributed by atoms with Crippen molar-refractivity contribution in [3.8, 4) is 5.75 Å². The number of nitrogens with one attached hydrogen (secondary N) is 1. The van der Waals surface area contributed by atoms with Gasteiger partial charge in [-0.3, -0.25) is 14.5 Å². The molecule has 1 aliphatic heterocycles. The van der Waals surface area contributed by atoms with Crippen molar-refractivity contribution in [1.82, 2.24) is 4.90 Å². The Morgan fingerprint density at radius 3 is 2.45 bits per heavy atom. The molecule has 0 unspecified atom stereocenters. The maximum absolute atomic E-state index is 13.1. The van der Waals surface area contributed by atoms with Gasteiger partial charge >= 0.3 is 0 Å². The van der Waals surface area contributed by atoms with Gasteiger partial charge in [0.2, 0.25) is 11.8 Å². The number of aliphatic imine (C=N–C) groups is 1. The summed E-state index contributed by atoms with van der Waals surface area (Å²) in [5, 5.41) is 3.41. The fourth-order valence-corrected chi connectivity index (χ4v) is 4.50. The molecule has 0 aromatic heterocycles. The van der Waals surface area contributed by atoms with E-state index in [1.54, 1.807) is 48.4 Å². The van der Waals surface area contributed by atoms with Gasteiger partial charge in [-0.1, -0.05) is 53.7 Å². The van der Waals surface area contributed by atoms with Gasteiger partial charge < -0.3 is 10.1 Å². The smallest absolute Gasteiger partial charge is 0.238 e. The Kier molecular flexibility index (Phi) is 7.32. The predicted octanol–water partition coefficient (Wildman–Crippen LogP) is 5.51. The molecule has 2 amide bonds. The second kappa shape index (κ2) is 10.6. The SMILES string of the molecule is COc1ccc(NC(=O)[C@@H]2CC(=O)N(Cc3ccc(Cl)cc3)C(=Nc3ccccc3)S2)cc1. The number of ether oxygens (including phenoxy) is 1. The predicted molar refractivity (Wildman–Crippen MR) is 133 cm³/mol. The molecule has 0 bridgehead atoms. The topological polar surface area (TPSA) is 71.0 Å². The van der Waals surface area contributed by atoms with Gasteiger partial charge in [0.1, 0.15) is 11.0 Å². The highest BCUT2D eigenvalue weighted by Crippen LogP contribution is 2.31. The number of carbonyl (C=O) groups is 2. The molecule has 0 saturated carbocycles. The van der Waals surface area contributed by atoms with Gasteiger partial charge in [0.25, 0.3) is 0 Å². The van der Waals surface area contributed by atoms with E-state index in [1.807, 2.05) is 42.5 Å². The Morgan fingerprint density at radius 1 is 1.09 bits per heavy atom. The lowest BCUT2D eigenvalue weighted by Gasteiger charge is -2.32. The number of rotatable bonds is 6. The lowest BCUT2D eigenvalue weighted by Crippen LogP contribution is -2.44. The van der Waals surface area contributed by atoms with Gasteiger partial charge in [0, 0.05) is 17.1 Å². The fraction of sp³-hybridized carbons (Fsp3) is 0.160. The average Bonchev–Trinajstić information content (AvgIpc) is 2.83. The first-order valence-corrected chi connectivity index (χ1v) is 11.6. The zero-order chi connectivity index (χ0) is 23.2. The van der Waals surface area contributed by atoms with Crippen molar-refractivity contribution >= 4 is 51.7 Å². The molecule has 3 aromatic carbocycles. The Labute approximate surface area is 201 Å². The van der Waals surface area contributed by atoms with Crippen molar-refractivity contribution in [3.63, 3.8) is 0 Å².